The van der Waals surface area contributed by atoms with Crippen LogP contribution in [0.4, 0.5) is 0 Å². The van der Waals surface area contributed by atoms with Crippen LogP contribution in [0.2, 0.25) is 0 Å². The zero-order chi connectivity index (χ0) is 13.4. The van der Waals surface area contributed by atoms with Gasteiger partial charge in [-0.2, -0.15) is 0 Å². The molecule has 0 aliphatic carbocycles. The maximum Gasteiger partial charge on any atom is 0.325 e. The molecule has 92 valence electrons. The second-order valence-corrected chi connectivity index (χ2v) is 3.99. The molecule has 0 aliphatic rings. The normalized spacial score (nSPS) is 12.8. The molecule has 0 amide bonds. The van der Waals surface area contributed by atoms with Crippen LogP contribution < -0.4 is 0 Å². The minimum atomic E-state index is -1.06. The van der Waals surface area contributed by atoms with E-state index in [1.165, 1.54) is 0 Å². The van der Waals surface area contributed by atoms with Gasteiger partial charge in [-0.1, -0.05) is 36.3 Å². The second-order valence-electron chi connectivity index (χ2n) is 3.99. The number of hydrogen-bond donors (Lipinski definition) is 0. The monoisotopic (exact) mass is 240 g/mol. The van der Waals surface area contributed by atoms with Crippen molar-refractivity contribution < 1.29 is 9.53 Å². The molecule has 0 aromatic heterocycles. The van der Waals surface area contributed by atoms with Gasteiger partial charge in [0.05, 0.1) is 6.61 Å². The summed E-state index contributed by atoms with van der Waals surface area (Å²) >= 11 is 0. The Kier molecular flexibility index (Phi) is 5.03. The highest BCUT2D eigenvalue weighted by molar-refractivity contribution is 5.81. The molecule has 0 spiro atoms. The average Bonchev–Trinajstić information content (AvgIpc) is 2.39. The molecule has 1 aromatic carbocycles. The van der Waals surface area contributed by atoms with Crippen molar-refractivity contribution in [3.8, 4) is 24.7 Å². The molecule has 18 heavy (non-hydrogen) atoms. The van der Waals surface area contributed by atoms with Crippen LogP contribution in [0.1, 0.15) is 18.9 Å². The fraction of sp³-hybridized carbons (Fsp3) is 0.312. The van der Waals surface area contributed by atoms with E-state index >= 15 is 0 Å². The lowest BCUT2D eigenvalue weighted by Crippen LogP contribution is -2.33. The highest BCUT2D eigenvalue weighted by Gasteiger charge is 2.37. The van der Waals surface area contributed by atoms with Crippen molar-refractivity contribution >= 4 is 5.97 Å². The number of esters is 1. The number of hydrogen-bond acceptors (Lipinski definition) is 2. The molecule has 0 saturated heterocycles. The fourth-order valence-electron chi connectivity index (χ4n) is 1.76. The van der Waals surface area contributed by atoms with Gasteiger partial charge in [0.2, 0.25) is 0 Å². The predicted octanol–water partition coefficient (Wildman–Crippen LogP) is 2.44. The van der Waals surface area contributed by atoms with Crippen molar-refractivity contribution in [3.63, 3.8) is 0 Å². The zero-order valence-corrected chi connectivity index (χ0v) is 10.5. The number of carbonyl (C=O) groups is 1. The summed E-state index contributed by atoms with van der Waals surface area (Å²) in [6.07, 6.45) is 11.4. The summed E-state index contributed by atoms with van der Waals surface area (Å²) in [5.74, 6) is 4.59. The topological polar surface area (TPSA) is 26.3 Å². The largest absolute Gasteiger partial charge is 0.465 e. The van der Waals surface area contributed by atoms with E-state index in [1.54, 1.807) is 6.92 Å². The van der Waals surface area contributed by atoms with Crippen molar-refractivity contribution in [3.05, 3.63) is 35.9 Å². The lowest BCUT2D eigenvalue weighted by molar-refractivity contribution is -0.151. The Morgan fingerprint density at radius 2 is 2.00 bits per heavy atom. The fourth-order valence-corrected chi connectivity index (χ4v) is 1.76. The van der Waals surface area contributed by atoms with Gasteiger partial charge in [0.15, 0.2) is 0 Å². The Hall–Kier alpha value is -2.19. The highest BCUT2D eigenvalue weighted by atomic mass is 16.5. The van der Waals surface area contributed by atoms with E-state index in [2.05, 4.69) is 11.8 Å². The van der Waals surface area contributed by atoms with Gasteiger partial charge in [-0.05, 0) is 12.5 Å². The first-order chi connectivity index (χ1) is 8.68. The molecule has 1 unspecified atom stereocenters. The maximum absolute atomic E-state index is 12.0. The summed E-state index contributed by atoms with van der Waals surface area (Å²) in [7, 11) is 0. The molecule has 0 aliphatic heterocycles. The van der Waals surface area contributed by atoms with E-state index < -0.39 is 11.4 Å². The van der Waals surface area contributed by atoms with Gasteiger partial charge in [-0.3, -0.25) is 4.79 Å². The number of rotatable bonds is 5. The van der Waals surface area contributed by atoms with Gasteiger partial charge in [-0.15, -0.1) is 18.8 Å². The lowest BCUT2D eigenvalue weighted by Gasteiger charge is -2.24. The molecule has 0 radical (unpaired) electrons. The number of terminal acetylenes is 2. The highest BCUT2D eigenvalue weighted by Crippen LogP contribution is 2.28. The summed E-state index contributed by atoms with van der Waals surface area (Å²) in [6, 6.07) is 9.55. The summed E-state index contributed by atoms with van der Waals surface area (Å²) in [6.45, 7) is 2.04. The van der Waals surface area contributed by atoms with Crippen LogP contribution in [0.15, 0.2) is 30.3 Å². The van der Waals surface area contributed by atoms with Crippen molar-refractivity contribution in [2.75, 3.05) is 6.61 Å². The Balaban J connectivity index is 3.02. The van der Waals surface area contributed by atoms with E-state index in [-0.39, 0.29) is 6.42 Å². The molecule has 0 fully saturated rings. The molecule has 0 bridgehead atoms. The number of ether oxygens (including phenoxy) is 1. The molecule has 1 aromatic rings. The van der Waals surface area contributed by atoms with Crippen LogP contribution in [0, 0.1) is 30.1 Å². The van der Waals surface area contributed by atoms with Gasteiger partial charge in [0.1, 0.15) is 5.41 Å². The number of carbonyl (C=O) groups excluding carboxylic acids is 1. The molecular weight excluding hydrogens is 224 g/mol. The molecular formula is C16H16O2. The first-order valence-electron chi connectivity index (χ1n) is 5.81. The van der Waals surface area contributed by atoms with Crippen LogP contribution >= 0.6 is 0 Å². The number of benzene rings is 1. The minimum Gasteiger partial charge on any atom is -0.465 e. The summed E-state index contributed by atoms with van der Waals surface area (Å²) in [5, 5.41) is 0. The average molecular weight is 240 g/mol. The summed E-state index contributed by atoms with van der Waals surface area (Å²) < 4.78 is 5.05. The Morgan fingerprint density at radius 1 is 1.33 bits per heavy atom. The molecule has 1 rings (SSSR count). The van der Waals surface area contributed by atoms with Gasteiger partial charge in [0, 0.05) is 12.8 Å². The molecule has 0 heterocycles. The quantitative estimate of drug-likeness (QED) is 0.583. The van der Waals surface area contributed by atoms with E-state index in [0.29, 0.717) is 13.0 Å². The third-order valence-electron chi connectivity index (χ3n) is 2.70. The Bertz CT molecular complexity index is 476. The van der Waals surface area contributed by atoms with Gasteiger partial charge in [0.25, 0.3) is 0 Å². The SMILES string of the molecule is C#CCC(C#C)(Cc1ccccc1)C(=O)OCC. The van der Waals surface area contributed by atoms with Crippen LogP contribution in [0.25, 0.3) is 0 Å². The predicted molar refractivity (Wildman–Crippen MR) is 71.5 cm³/mol. The lowest BCUT2D eigenvalue weighted by atomic mass is 9.79. The van der Waals surface area contributed by atoms with Crippen LogP contribution in [0.5, 0.6) is 0 Å². The third-order valence-corrected chi connectivity index (χ3v) is 2.70. The molecule has 2 heteroatoms. The first-order valence-corrected chi connectivity index (χ1v) is 5.81. The maximum atomic E-state index is 12.0. The van der Waals surface area contributed by atoms with E-state index in [1.807, 2.05) is 30.3 Å². The van der Waals surface area contributed by atoms with Crippen LogP contribution in [0.3, 0.4) is 0 Å². The first kappa shape index (κ1) is 13.9. The molecule has 1 atom stereocenters. The van der Waals surface area contributed by atoms with Gasteiger partial charge in [-0.25, -0.2) is 0 Å². The second kappa shape index (κ2) is 6.52. The summed E-state index contributed by atoms with van der Waals surface area (Å²) in [5.41, 5.74) is -0.0923. The smallest absolute Gasteiger partial charge is 0.325 e. The van der Waals surface area contributed by atoms with Crippen LogP contribution in [-0.4, -0.2) is 12.6 Å². The standard InChI is InChI=1S/C16H16O2/c1-4-12-16(5-2,15(17)18-6-3)13-14-10-8-7-9-11-14/h1-2,7-11H,6,12-13H2,3H3. The third kappa shape index (κ3) is 3.15. The van der Waals surface area contributed by atoms with E-state index in [4.69, 9.17) is 17.6 Å². The van der Waals surface area contributed by atoms with E-state index in [0.717, 1.165) is 5.56 Å². The van der Waals surface area contributed by atoms with Crippen molar-refractivity contribution in [1.29, 1.82) is 0 Å². The summed E-state index contributed by atoms with van der Waals surface area (Å²) in [4.78, 5) is 12.0. The van der Waals surface area contributed by atoms with Crippen LogP contribution in [-0.2, 0) is 16.0 Å². The zero-order valence-electron chi connectivity index (χ0n) is 10.5. The molecule has 0 N–H and O–H groups in total. The van der Waals surface area contributed by atoms with Crippen molar-refractivity contribution in [2.24, 2.45) is 5.41 Å². The van der Waals surface area contributed by atoms with Gasteiger partial charge >= 0.3 is 5.97 Å². The van der Waals surface area contributed by atoms with Crippen molar-refractivity contribution in [1.82, 2.24) is 0 Å². The van der Waals surface area contributed by atoms with Gasteiger partial charge < -0.3 is 4.74 Å². The van der Waals surface area contributed by atoms with Crippen molar-refractivity contribution in [2.45, 2.75) is 19.8 Å². The molecule has 0 saturated carbocycles. The molecule has 2 nitrogen and oxygen atoms in total. The Labute approximate surface area is 108 Å². The minimum absolute atomic E-state index is 0.178. The Morgan fingerprint density at radius 3 is 2.50 bits per heavy atom. The van der Waals surface area contributed by atoms with E-state index in [9.17, 15) is 4.79 Å².